The number of nitrogens with zero attached hydrogens (tertiary/aromatic N) is 2. The molecule has 1 atom stereocenters. The Hall–Kier alpha value is -0.200. The number of thiazole rings is 1. The van der Waals surface area contributed by atoms with E-state index in [-0.39, 0.29) is 12.7 Å². The molecule has 4 nitrogen and oxygen atoms in total. The smallest absolute Gasteiger partial charge is 0.0941 e. The van der Waals surface area contributed by atoms with E-state index in [9.17, 15) is 0 Å². The van der Waals surface area contributed by atoms with Crippen molar-refractivity contribution >= 4 is 22.9 Å². The maximum absolute atomic E-state index is 9.05. The van der Waals surface area contributed by atoms with Gasteiger partial charge in [-0.1, -0.05) is 0 Å². The van der Waals surface area contributed by atoms with Crippen molar-refractivity contribution in [1.82, 2.24) is 9.88 Å². The Morgan fingerprint density at radius 2 is 2.53 bits per heavy atom. The summed E-state index contributed by atoms with van der Waals surface area (Å²) in [5.74, 6) is 0.487. The van der Waals surface area contributed by atoms with Crippen LogP contribution in [0.5, 0.6) is 0 Å². The average molecular weight is 277 g/mol. The predicted molar refractivity (Wildman–Crippen MR) is 68.6 cm³/mol. The van der Waals surface area contributed by atoms with Crippen LogP contribution in [0.15, 0.2) is 5.38 Å². The van der Waals surface area contributed by atoms with Crippen molar-refractivity contribution < 1.29 is 9.84 Å². The Balaban J connectivity index is 1.77. The van der Waals surface area contributed by atoms with Gasteiger partial charge in [0.25, 0.3) is 0 Å². The van der Waals surface area contributed by atoms with Gasteiger partial charge in [0.05, 0.1) is 35.9 Å². The molecule has 1 aromatic rings. The molecule has 1 saturated heterocycles. The molecule has 96 valence electrons. The van der Waals surface area contributed by atoms with Crippen LogP contribution in [0, 0.1) is 0 Å². The van der Waals surface area contributed by atoms with Gasteiger partial charge in [-0.3, -0.25) is 4.90 Å². The predicted octanol–water partition coefficient (Wildman–Crippen LogP) is 1.12. The number of aliphatic hydroxyl groups excluding tert-OH is 1. The van der Waals surface area contributed by atoms with E-state index in [1.54, 1.807) is 11.3 Å². The van der Waals surface area contributed by atoms with Crippen molar-refractivity contribution in [2.45, 2.75) is 18.4 Å². The SMILES string of the molecule is OCC1CN(CCc2nc(CCl)cs2)CCO1. The lowest BCUT2D eigenvalue weighted by molar-refractivity contribution is -0.0523. The zero-order chi connectivity index (χ0) is 12.1. The number of halogens is 1. The highest BCUT2D eigenvalue weighted by molar-refractivity contribution is 7.09. The summed E-state index contributed by atoms with van der Waals surface area (Å²) in [5, 5.41) is 12.2. The Labute approximate surface area is 110 Å². The Kier molecular flexibility index (Phi) is 5.18. The molecule has 1 fully saturated rings. The molecule has 0 radical (unpaired) electrons. The summed E-state index contributed by atoms with van der Waals surface area (Å²) >= 11 is 7.38. The molecule has 0 bridgehead atoms. The second-order valence-corrected chi connectivity index (χ2v) is 5.30. The molecule has 6 heteroatoms. The molecule has 0 spiro atoms. The van der Waals surface area contributed by atoms with Crippen LogP contribution < -0.4 is 0 Å². The van der Waals surface area contributed by atoms with Gasteiger partial charge in [0, 0.05) is 31.4 Å². The number of alkyl halides is 1. The highest BCUT2D eigenvalue weighted by atomic mass is 35.5. The van der Waals surface area contributed by atoms with E-state index in [2.05, 4.69) is 9.88 Å². The summed E-state index contributed by atoms with van der Waals surface area (Å²) in [6, 6.07) is 0. The molecule has 1 N–H and O–H groups in total. The second-order valence-electron chi connectivity index (χ2n) is 4.09. The van der Waals surface area contributed by atoms with Crippen LogP contribution in [-0.2, 0) is 17.0 Å². The summed E-state index contributed by atoms with van der Waals surface area (Å²) in [5.41, 5.74) is 0.960. The molecule has 1 aliphatic rings. The number of hydrogen-bond donors (Lipinski definition) is 1. The second kappa shape index (κ2) is 6.66. The van der Waals surface area contributed by atoms with Gasteiger partial charge >= 0.3 is 0 Å². The zero-order valence-electron chi connectivity index (χ0n) is 9.64. The molecule has 1 unspecified atom stereocenters. The fourth-order valence-corrected chi connectivity index (χ4v) is 2.89. The molecule has 0 amide bonds. The normalized spacial score (nSPS) is 21.9. The van der Waals surface area contributed by atoms with Gasteiger partial charge in [-0.2, -0.15) is 0 Å². The molecule has 0 aliphatic carbocycles. The molecule has 2 heterocycles. The lowest BCUT2D eigenvalue weighted by Crippen LogP contribution is -2.44. The largest absolute Gasteiger partial charge is 0.394 e. The number of rotatable bonds is 5. The van der Waals surface area contributed by atoms with Crippen molar-refractivity contribution in [3.63, 3.8) is 0 Å². The van der Waals surface area contributed by atoms with Crippen LogP contribution in [0.25, 0.3) is 0 Å². The van der Waals surface area contributed by atoms with Gasteiger partial charge in [-0.15, -0.1) is 22.9 Å². The Bertz CT molecular complexity index is 348. The summed E-state index contributed by atoms with van der Waals surface area (Å²) < 4.78 is 5.41. The van der Waals surface area contributed by atoms with Crippen LogP contribution in [0.1, 0.15) is 10.7 Å². The van der Waals surface area contributed by atoms with Crippen molar-refractivity contribution in [1.29, 1.82) is 0 Å². The minimum atomic E-state index is -0.0292. The maximum Gasteiger partial charge on any atom is 0.0941 e. The van der Waals surface area contributed by atoms with Crippen LogP contribution in [0.3, 0.4) is 0 Å². The van der Waals surface area contributed by atoms with E-state index in [0.717, 1.165) is 36.8 Å². The Morgan fingerprint density at radius 1 is 1.65 bits per heavy atom. The molecule has 0 saturated carbocycles. The van der Waals surface area contributed by atoms with Crippen molar-refractivity contribution in [3.8, 4) is 0 Å². The third kappa shape index (κ3) is 3.89. The van der Waals surface area contributed by atoms with Gasteiger partial charge in [-0.05, 0) is 0 Å². The molecule has 2 rings (SSSR count). The molecule has 17 heavy (non-hydrogen) atoms. The van der Waals surface area contributed by atoms with Crippen molar-refractivity contribution in [3.05, 3.63) is 16.1 Å². The summed E-state index contributed by atoms with van der Waals surface area (Å²) in [6.07, 6.45) is 0.915. The number of aromatic nitrogens is 1. The number of aliphatic hydroxyl groups is 1. The van der Waals surface area contributed by atoms with Crippen LogP contribution >= 0.6 is 22.9 Å². The topological polar surface area (TPSA) is 45.6 Å². The van der Waals surface area contributed by atoms with Crippen LogP contribution in [0.2, 0.25) is 0 Å². The molecule has 0 aromatic carbocycles. The lowest BCUT2D eigenvalue weighted by atomic mass is 10.2. The monoisotopic (exact) mass is 276 g/mol. The summed E-state index contributed by atoms with van der Waals surface area (Å²) in [6.45, 7) is 3.52. The first-order valence-electron chi connectivity index (χ1n) is 5.76. The van der Waals surface area contributed by atoms with E-state index in [4.69, 9.17) is 21.4 Å². The van der Waals surface area contributed by atoms with E-state index in [0.29, 0.717) is 12.5 Å². The summed E-state index contributed by atoms with van der Waals surface area (Å²) in [4.78, 5) is 6.74. The van der Waals surface area contributed by atoms with Crippen molar-refractivity contribution in [2.24, 2.45) is 0 Å². The Morgan fingerprint density at radius 3 is 3.24 bits per heavy atom. The van der Waals surface area contributed by atoms with Gasteiger partial charge in [-0.25, -0.2) is 4.98 Å². The molecule has 1 aromatic heterocycles. The number of morpholine rings is 1. The molecular weight excluding hydrogens is 260 g/mol. The highest BCUT2D eigenvalue weighted by Gasteiger charge is 2.19. The van der Waals surface area contributed by atoms with Gasteiger partial charge in [0.2, 0.25) is 0 Å². The fraction of sp³-hybridized carbons (Fsp3) is 0.727. The number of hydrogen-bond acceptors (Lipinski definition) is 5. The van der Waals surface area contributed by atoms with Crippen molar-refractivity contribution in [2.75, 3.05) is 32.8 Å². The average Bonchev–Trinajstić information content (AvgIpc) is 2.84. The molecular formula is C11H17ClN2O2S. The van der Waals surface area contributed by atoms with Gasteiger partial charge in [0.15, 0.2) is 0 Å². The van der Waals surface area contributed by atoms with Crippen LogP contribution in [-0.4, -0.2) is 53.9 Å². The maximum atomic E-state index is 9.05. The highest BCUT2D eigenvalue weighted by Crippen LogP contribution is 2.13. The quantitative estimate of drug-likeness (QED) is 0.819. The standard InChI is InChI=1S/C11H17ClN2O2S/c12-5-9-8-17-11(13-9)1-2-14-3-4-16-10(6-14)7-15/h8,10,15H,1-7H2. The number of ether oxygens (including phenoxy) is 1. The van der Waals surface area contributed by atoms with E-state index < -0.39 is 0 Å². The third-order valence-corrected chi connectivity index (χ3v) is 4.04. The first-order chi connectivity index (χ1) is 8.31. The lowest BCUT2D eigenvalue weighted by Gasteiger charge is -2.31. The van der Waals surface area contributed by atoms with E-state index in [1.807, 2.05) is 5.38 Å². The molecule has 1 aliphatic heterocycles. The van der Waals surface area contributed by atoms with Gasteiger partial charge < -0.3 is 9.84 Å². The fourth-order valence-electron chi connectivity index (χ4n) is 1.87. The minimum Gasteiger partial charge on any atom is -0.394 e. The van der Waals surface area contributed by atoms with E-state index in [1.165, 1.54) is 0 Å². The zero-order valence-corrected chi connectivity index (χ0v) is 11.2. The van der Waals surface area contributed by atoms with Crippen LogP contribution in [0.4, 0.5) is 0 Å². The van der Waals surface area contributed by atoms with E-state index >= 15 is 0 Å². The van der Waals surface area contributed by atoms with Gasteiger partial charge in [0.1, 0.15) is 0 Å². The minimum absolute atomic E-state index is 0.0292. The third-order valence-electron chi connectivity index (χ3n) is 2.80. The first-order valence-corrected chi connectivity index (χ1v) is 7.17. The summed E-state index contributed by atoms with van der Waals surface area (Å²) in [7, 11) is 0. The first kappa shape index (κ1) is 13.2.